The van der Waals surface area contributed by atoms with Crippen molar-refractivity contribution in [3.63, 3.8) is 0 Å². The van der Waals surface area contributed by atoms with Crippen LogP contribution in [0.3, 0.4) is 0 Å². The van der Waals surface area contributed by atoms with Gasteiger partial charge in [0.25, 0.3) is 0 Å². The highest BCUT2D eigenvalue weighted by Crippen LogP contribution is 2.29. The normalized spacial score (nSPS) is 12.4. The van der Waals surface area contributed by atoms with E-state index in [2.05, 4.69) is 13.0 Å². The number of furan rings is 1. The minimum absolute atomic E-state index is 0.00769. The molecule has 3 aromatic rings. The topological polar surface area (TPSA) is 63.6 Å². The Balaban J connectivity index is 1.81. The van der Waals surface area contributed by atoms with Crippen molar-refractivity contribution in [1.82, 2.24) is 0 Å². The molecule has 0 aromatic carbocycles. The third-order valence-corrected chi connectivity index (χ3v) is 5.68. The molecule has 26 heavy (non-hydrogen) atoms. The maximum absolute atomic E-state index is 12.5. The van der Waals surface area contributed by atoms with Crippen LogP contribution in [0.5, 0.6) is 5.75 Å². The summed E-state index contributed by atoms with van der Waals surface area (Å²) in [5, 5.41) is 10.4. The van der Waals surface area contributed by atoms with Gasteiger partial charge < -0.3 is 13.9 Å². The van der Waals surface area contributed by atoms with Gasteiger partial charge in [0.05, 0.1) is 11.8 Å². The van der Waals surface area contributed by atoms with E-state index in [0.717, 1.165) is 29.9 Å². The largest absolute Gasteiger partial charge is 0.507 e. The Labute approximate surface area is 157 Å². The van der Waals surface area contributed by atoms with E-state index >= 15 is 0 Å². The van der Waals surface area contributed by atoms with Crippen molar-refractivity contribution in [1.29, 1.82) is 0 Å². The molecule has 4 nitrogen and oxygen atoms in total. The summed E-state index contributed by atoms with van der Waals surface area (Å²) in [7, 11) is 0. The summed E-state index contributed by atoms with van der Waals surface area (Å²) < 4.78 is 11.0. The molecular weight excluding hydrogens is 348 g/mol. The molecule has 0 bridgehead atoms. The Hall–Kier alpha value is -2.27. The van der Waals surface area contributed by atoms with E-state index in [-0.39, 0.29) is 11.7 Å². The van der Waals surface area contributed by atoms with Gasteiger partial charge in [-0.3, -0.25) is 0 Å². The van der Waals surface area contributed by atoms with Gasteiger partial charge in [0.1, 0.15) is 17.3 Å². The summed E-state index contributed by atoms with van der Waals surface area (Å²) in [4.78, 5) is 14.8. The summed E-state index contributed by atoms with van der Waals surface area (Å²) in [6.07, 6.45) is 5.58. The van der Waals surface area contributed by atoms with Crippen LogP contribution < -0.4 is 5.63 Å². The predicted molar refractivity (Wildman–Crippen MR) is 103 cm³/mol. The van der Waals surface area contributed by atoms with Crippen LogP contribution >= 0.6 is 11.3 Å². The zero-order valence-electron chi connectivity index (χ0n) is 15.2. The van der Waals surface area contributed by atoms with Gasteiger partial charge >= 0.3 is 5.63 Å². The molecule has 0 saturated heterocycles. The van der Waals surface area contributed by atoms with Crippen LogP contribution in [-0.4, -0.2) is 5.11 Å². The lowest BCUT2D eigenvalue weighted by atomic mass is 9.97. The first kappa shape index (κ1) is 18.5. The lowest BCUT2D eigenvalue weighted by Crippen LogP contribution is -2.12. The van der Waals surface area contributed by atoms with E-state index in [1.54, 1.807) is 23.7 Å². The molecule has 0 saturated carbocycles. The number of aryl methyl sites for hydroxylation is 1. The van der Waals surface area contributed by atoms with Gasteiger partial charge in [-0.15, -0.1) is 11.3 Å². The maximum atomic E-state index is 12.5. The average Bonchev–Trinajstić information content (AvgIpc) is 3.28. The highest BCUT2D eigenvalue weighted by atomic mass is 32.1. The van der Waals surface area contributed by atoms with E-state index in [9.17, 15) is 9.90 Å². The molecule has 1 atom stereocenters. The first-order valence-electron chi connectivity index (χ1n) is 9.06. The SMILES string of the molecule is CCCc1ccc(Cc2c(O)cc(C(CC)Cc3ccco3)oc2=O)s1. The van der Waals surface area contributed by atoms with Crippen LogP contribution in [0.15, 0.2) is 50.2 Å². The lowest BCUT2D eigenvalue weighted by Gasteiger charge is -2.13. The van der Waals surface area contributed by atoms with Crippen molar-refractivity contribution in [2.45, 2.75) is 51.9 Å². The van der Waals surface area contributed by atoms with Gasteiger partial charge in [-0.05, 0) is 37.1 Å². The summed E-state index contributed by atoms with van der Waals surface area (Å²) in [5.74, 6) is 1.35. The second kappa shape index (κ2) is 8.41. The molecule has 0 aliphatic rings. The van der Waals surface area contributed by atoms with E-state index in [1.165, 1.54) is 4.88 Å². The van der Waals surface area contributed by atoms with Crippen molar-refractivity contribution in [2.75, 3.05) is 0 Å². The molecule has 0 aliphatic heterocycles. The first-order chi connectivity index (χ1) is 12.6. The molecule has 138 valence electrons. The Kier molecular flexibility index (Phi) is 5.99. The molecule has 0 amide bonds. The molecule has 0 radical (unpaired) electrons. The van der Waals surface area contributed by atoms with Crippen LogP contribution in [0.4, 0.5) is 0 Å². The molecule has 0 spiro atoms. The van der Waals surface area contributed by atoms with Crippen molar-refractivity contribution in [3.8, 4) is 5.75 Å². The molecule has 3 rings (SSSR count). The second-order valence-electron chi connectivity index (χ2n) is 6.48. The second-order valence-corrected chi connectivity index (χ2v) is 7.74. The van der Waals surface area contributed by atoms with Gasteiger partial charge in [-0.25, -0.2) is 4.79 Å². The van der Waals surface area contributed by atoms with E-state index in [0.29, 0.717) is 24.2 Å². The number of aromatic hydroxyl groups is 1. The maximum Gasteiger partial charge on any atom is 0.343 e. The van der Waals surface area contributed by atoms with Crippen molar-refractivity contribution in [2.24, 2.45) is 0 Å². The molecule has 5 heteroatoms. The van der Waals surface area contributed by atoms with Gasteiger partial charge in [-0.2, -0.15) is 0 Å². The van der Waals surface area contributed by atoms with Crippen LogP contribution in [0.1, 0.15) is 59.4 Å². The molecular formula is C21H24O4S. The first-order valence-corrected chi connectivity index (χ1v) is 9.88. The van der Waals surface area contributed by atoms with Crippen LogP contribution in [-0.2, 0) is 19.3 Å². The summed E-state index contributed by atoms with van der Waals surface area (Å²) >= 11 is 1.68. The Bertz CT molecular complexity index is 889. The fourth-order valence-corrected chi connectivity index (χ4v) is 4.21. The number of hydrogen-bond acceptors (Lipinski definition) is 5. The van der Waals surface area contributed by atoms with E-state index < -0.39 is 5.63 Å². The number of thiophene rings is 1. The monoisotopic (exact) mass is 372 g/mol. The number of rotatable bonds is 8. The Morgan fingerprint density at radius 2 is 2.00 bits per heavy atom. The molecule has 1 unspecified atom stereocenters. The average molecular weight is 372 g/mol. The van der Waals surface area contributed by atoms with Gasteiger partial charge in [0.2, 0.25) is 0 Å². The fourth-order valence-electron chi connectivity index (χ4n) is 3.08. The van der Waals surface area contributed by atoms with Crippen molar-refractivity contribution in [3.05, 3.63) is 73.9 Å². The minimum atomic E-state index is -0.455. The smallest absolute Gasteiger partial charge is 0.343 e. The van der Waals surface area contributed by atoms with Gasteiger partial charge in [0.15, 0.2) is 0 Å². The van der Waals surface area contributed by atoms with Crippen molar-refractivity contribution >= 4 is 11.3 Å². The van der Waals surface area contributed by atoms with Gasteiger partial charge in [0, 0.05) is 34.6 Å². The zero-order chi connectivity index (χ0) is 18.5. The quantitative estimate of drug-likeness (QED) is 0.584. The highest BCUT2D eigenvalue weighted by Gasteiger charge is 2.19. The Morgan fingerprint density at radius 3 is 2.65 bits per heavy atom. The molecule has 3 aromatic heterocycles. The van der Waals surface area contributed by atoms with Crippen molar-refractivity contribution < 1.29 is 13.9 Å². The number of hydrogen-bond donors (Lipinski definition) is 1. The highest BCUT2D eigenvalue weighted by molar-refractivity contribution is 7.12. The van der Waals surface area contributed by atoms with E-state index in [1.807, 2.05) is 25.1 Å². The standard InChI is InChI=1S/C21H24O4S/c1-3-6-16-8-9-17(26-16)12-18-19(22)13-20(25-21(18)23)14(4-2)11-15-7-5-10-24-15/h5,7-10,13-14,22H,3-4,6,11-12H2,1-2H3. The lowest BCUT2D eigenvalue weighted by molar-refractivity contribution is 0.375. The van der Waals surface area contributed by atoms with Crippen LogP contribution in [0.25, 0.3) is 0 Å². The zero-order valence-corrected chi connectivity index (χ0v) is 16.0. The molecule has 0 fully saturated rings. The third-order valence-electron chi connectivity index (χ3n) is 4.53. The Morgan fingerprint density at radius 1 is 1.19 bits per heavy atom. The van der Waals surface area contributed by atoms with Crippen LogP contribution in [0.2, 0.25) is 0 Å². The summed E-state index contributed by atoms with van der Waals surface area (Å²) in [6, 6.07) is 9.45. The van der Waals surface area contributed by atoms with Crippen LogP contribution in [0, 0.1) is 0 Å². The molecule has 3 heterocycles. The summed E-state index contributed by atoms with van der Waals surface area (Å²) in [5.41, 5.74) is -0.130. The third kappa shape index (κ3) is 4.28. The molecule has 0 aliphatic carbocycles. The van der Waals surface area contributed by atoms with E-state index in [4.69, 9.17) is 8.83 Å². The molecule has 1 N–H and O–H groups in total. The van der Waals surface area contributed by atoms with Gasteiger partial charge in [-0.1, -0.05) is 20.3 Å². The minimum Gasteiger partial charge on any atom is -0.507 e. The predicted octanol–water partition coefficient (Wildman–Crippen LogP) is 5.28. The fraction of sp³-hybridized carbons (Fsp3) is 0.381. The summed E-state index contributed by atoms with van der Waals surface area (Å²) in [6.45, 7) is 4.17.